The lowest BCUT2D eigenvalue weighted by Gasteiger charge is -2.10. The maximum absolute atomic E-state index is 10.8. The van der Waals surface area contributed by atoms with Gasteiger partial charge < -0.3 is 10.1 Å². The quantitative estimate of drug-likeness (QED) is 0.619. The number of benzene rings is 1. The van der Waals surface area contributed by atoms with E-state index in [-0.39, 0.29) is 16.7 Å². The van der Waals surface area contributed by atoms with E-state index >= 15 is 0 Å². The van der Waals surface area contributed by atoms with Crippen molar-refractivity contribution in [2.45, 2.75) is 19.1 Å². The summed E-state index contributed by atoms with van der Waals surface area (Å²) in [6.07, 6.45) is 1.15. The van der Waals surface area contributed by atoms with E-state index in [1.165, 1.54) is 6.07 Å². The van der Waals surface area contributed by atoms with E-state index in [4.69, 9.17) is 4.74 Å². The van der Waals surface area contributed by atoms with E-state index in [2.05, 4.69) is 5.32 Å². The van der Waals surface area contributed by atoms with Gasteiger partial charge in [0.1, 0.15) is 0 Å². The monoisotopic (exact) mass is 222 g/mol. The summed E-state index contributed by atoms with van der Waals surface area (Å²) < 4.78 is 5.61. The van der Waals surface area contributed by atoms with Crippen molar-refractivity contribution in [1.29, 1.82) is 0 Å². The van der Waals surface area contributed by atoms with Crippen LogP contribution in [0.4, 0.5) is 5.69 Å². The van der Waals surface area contributed by atoms with Crippen LogP contribution in [0.15, 0.2) is 24.3 Å². The minimum atomic E-state index is -0.369. The smallest absolute Gasteiger partial charge is 0.274 e. The Balaban J connectivity index is 2.00. The third-order valence-corrected chi connectivity index (χ3v) is 2.68. The number of nitrogens with one attached hydrogen (secondary N) is 1. The van der Waals surface area contributed by atoms with E-state index in [1.807, 2.05) is 0 Å². The number of rotatable bonds is 4. The molecule has 1 fully saturated rings. The second-order valence-corrected chi connectivity index (χ2v) is 3.81. The van der Waals surface area contributed by atoms with E-state index in [0.29, 0.717) is 12.2 Å². The van der Waals surface area contributed by atoms with Crippen LogP contribution < -0.4 is 5.32 Å². The average molecular weight is 222 g/mol. The van der Waals surface area contributed by atoms with Gasteiger partial charge >= 0.3 is 0 Å². The number of para-hydroxylation sites is 1. The topological polar surface area (TPSA) is 64.4 Å². The van der Waals surface area contributed by atoms with Gasteiger partial charge in [-0.3, -0.25) is 10.1 Å². The van der Waals surface area contributed by atoms with Crippen LogP contribution in [0.2, 0.25) is 0 Å². The maximum atomic E-state index is 10.8. The van der Waals surface area contributed by atoms with Gasteiger partial charge in [0.25, 0.3) is 5.69 Å². The average Bonchev–Trinajstić information content (AvgIpc) is 2.79. The second kappa shape index (κ2) is 5.05. The van der Waals surface area contributed by atoms with Crippen molar-refractivity contribution in [3.8, 4) is 0 Å². The largest absolute Gasteiger partial charge is 0.372 e. The molecule has 1 aliphatic heterocycles. The highest BCUT2D eigenvalue weighted by atomic mass is 16.6. The lowest BCUT2D eigenvalue weighted by Crippen LogP contribution is -2.16. The molecule has 0 aliphatic carbocycles. The van der Waals surface area contributed by atoms with Crippen molar-refractivity contribution in [3.05, 3.63) is 39.9 Å². The fraction of sp³-hybridized carbons (Fsp3) is 0.455. The number of ether oxygens (including phenoxy) is 1. The number of nitro groups is 1. The highest BCUT2D eigenvalue weighted by Gasteiger charge is 2.17. The summed E-state index contributed by atoms with van der Waals surface area (Å²) in [4.78, 5) is 10.4. The highest BCUT2D eigenvalue weighted by Crippen LogP contribution is 2.19. The van der Waals surface area contributed by atoms with Crippen molar-refractivity contribution in [2.75, 3.05) is 13.1 Å². The second-order valence-electron chi connectivity index (χ2n) is 3.81. The molecule has 86 valence electrons. The molecule has 0 radical (unpaired) electrons. The predicted molar refractivity (Wildman–Crippen MR) is 59.2 cm³/mol. The minimum absolute atomic E-state index is 0.133. The first-order chi connectivity index (χ1) is 7.77. The molecule has 2 rings (SSSR count). The molecule has 0 aromatic heterocycles. The maximum Gasteiger partial charge on any atom is 0.274 e. The molecule has 1 aromatic carbocycles. The number of hydrogen-bond acceptors (Lipinski definition) is 4. The molecule has 0 saturated carbocycles. The number of hydrogen-bond donors (Lipinski definition) is 1. The molecule has 5 heteroatoms. The highest BCUT2D eigenvalue weighted by molar-refractivity contribution is 5.39. The van der Waals surface area contributed by atoms with Crippen LogP contribution in [-0.4, -0.2) is 24.1 Å². The first kappa shape index (κ1) is 11.0. The van der Waals surface area contributed by atoms with Crippen molar-refractivity contribution >= 4 is 5.69 Å². The molecule has 1 unspecified atom stereocenters. The van der Waals surface area contributed by atoms with Gasteiger partial charge in [-0.05, 0) is 19.0 Å². The van der Waals surface area contributed by atoms with Gasteiger partial charge in [0, 0.05) is 12.6 Å². The first-order valence-electron chi connectivity index (χ1n) is 5.32. The fourth-order valence-corrected chi connectivity index (χ4v) is 1.79. The molecule has 5 nitrogen and oxygen atoms in total. The molecule has 1 heterocycles. The number of nitro benzene ring substituents is 1. The van der Waals surface area contributed by atoms with Gasteiger partial charge in [-0.15, -0.1) is 0 Å². The van der Waals surface area contributed by atoms with Gasteiger partial charge in [-0.1, -0.05) is 12.1 Å². The molecule has 1 N–H and O–H groups in total. The summed E-state index contributed by atoms with van der Waals surface area (Å²) >= 11 is 0. The van der Waals surface area contributed by atoms with Crippen molar-refractivity contribution in [1.82, 2.24) is 5.32 Å². The van der Waals surface area contributed by atoms with Crippen LogP contribution in [0, 0.1) is 10.1 Å². The Morgan fingerprint density at radius 3 is 3.00 bits per heavy atom. The van der Waals surface area contributed by atoms with E-state index in [0.717, 1.165) is 19.5 Å². The van der Waals surface area contributed by atoms with Gasteiger partial charge in [-0.25, -0.2) is 0 Å². The van der Waals surface area contributed by atoms with E-state index < -0.39 is 0 Å². The zero-order chi connectivity index (χ0) is 11.4. The molecule has 0 amide bonds. The summed E-state index contributed by atoms with van der Waals surface area (Å²) in [5.41, 5.74) is 0.771. The molecule has 1 aliphatic rings. The summed E-state index contributed by atoms with van der Waals surface area (Å²) in [5.74, 6) is 0. The van der Waals surface area contributed by atoms with Crippen LogP contribution in [0.3, 0.4) is 0 Å². The van der Waals surface area contributed by atoms with Gasteiger partial charge in [0.15, 0.2) is 0 Å². The zero-order valence-corrected chi connectivity index (χ0v) is 8.89. The summed E-state index contributed by atoms with van der Waals surface area (Å²) in [6.45, 7) is 2.10. The first-order valence-corrected chi connectivity index (χ1v) is 5.32. The molecule has 0 bridgehead atoms. The van der Waals surface area contributed by atoms with Crippen molar-refractivity contribution in [3.63, 3.8) is 0 Å². The SMILES string of the molecule is O=[N+]([O-])c1ccccc1COC1CCNC1. The van der Waals surface area contributed by atoms with Crippen LogP contribution in [0.5, 0.6) is 0 Å². The molecule has 16 heavy (non-hydrogen) atoms. The Hall–Kier alpha value is -1.46. The van der Waals surface area contributed by atoms with Gasteiger partial charge in [0.05, 0.1) is 23.2 Å². The van der Waals surface area contributed by atoms with Crippen LogP contribution in [-0.2, 0) is 11.3 Å². The normalized spacial score (nSPS) is 19.9. The summed E-state index contributed by atoms with van der Waals surface area (Å²) in [5, 5.41) is 13.9. The van der Waals surface area contributed by atoms with Gasteiger partial charge in [-0.2, -0.15) is 0 Å². The van der Waals surface area contributed by atoms with Crippen LogP contribution in [0.1, 0.15) is 12.0 Å². The minimum Gasteiger partial charge on any atom is -0.372 e. The summed E-state index contributed by atoms with van der Waals surface area (Å²) in [6, 6.07) is 6.70. The Morgan fingerprint density at radius 1 is 1.50 bits per heavy atom. The van der Waals surface area contributed by atoms with Crippen molar-refractivity contribution < 1.29 is 9.66 Å². The van der Waals surface area contributed by atoms with E-state index in [1.54, 1.807) is 18.2 Å². The predicted octanol–water partition coefficient (Wildman–Crippen LogP) is 1.47. The van der Waals surface area contributed by atoms with Crippen molar-refractivity contribution in [2.24, 2.45) is 0 Å². The third-order valence-electron chi connectivity index (χ3n) is 2.68. The third kappa shape index (κ3) is 2.56. The summed E-state index contributed by atoms with van der Waals surface area (Å²) in [7, 11) is 0. The standard InChI is InChI=1S/C11H14N2O3/c14-13(15)11-4-2-1-3-9(11)8-16-10-5-6-12-7-10/h1-4,10,12H,5-8H2. The zero-order valence-electron chi connectivity index (χ0n) is 8.89. The molecule has 1 atom stereocenters. The Labute approximate surface area is 93.6 Å². The van der Waals surface area contributed by atoms with Crippen LogP contribution in [0.25, 0.3) is 0 Å². The van der Waals surface area contributed by atoms with Crippen LogP contribution >= 0.6 is 0 Å². The Kier molecular flexibility index (Phi) is 3.48. The van der Waals surface area contributed by atoms with Gasteiger partial charge in [0.2, 0.25) is 0 Å². The Bertz CT molecular complexity index is 375. The molecule has 1 aromatic rings. The lowest BCUT2D eigenvalue weighted by molar-refractivity contribution is -0.386. The Morgan fingerprint density at radius 2 is 2.31 bits per heavy atom. The number of nitrogens with zero attached hydrogens (tertiary/aromatic N) is 1. The lowest BCUT2D eigenvalue weighted by atomic mass is 10.2. The molecular weight excluding hydrogens is 208 g/mol. The molecule has 1 saturated heterocycles. The molecule has 0 spiro atoms. The van der Waals surface area contributed by atoms with E-state index in [9.17, 15) is 10.1 Å². The molecular formula is C11H14N2O3. The fourth-order valence-electron chi connectivity index (χ4n) is 1.79.